The first kappa shape index (κ1) is 18.6. The minimum Gasteiger partial charge on any atom is -0.274 e. The predicted molar refractivity (Wildman–Crippen MR) is 106 cm³/mol. The Morgan fingerprint density at radius 2 is 1.68 bits per heavy atom. The number of benzene rings is 2. The van der Waals surface area contributed by atoms with Crippen LogP contribution in [0, 0.1) is 11.7 Å². The van der Waals surface area contributed by atoms with E-state index in [9.17, 15) is 9.18 Å². The zero-order valence-corrected chi connectivity index (χ0v) is 16.3. The predicted octanol–water partition coefficient (Wildman–Crippen LogP) is 4.79. The lowest BCUT2D eigenvalue weighted by molar-refractivity contribution is -0.122. The lowest BCUT2D eigenvalue weighted by atomic mass is 9.91. The second-order valence-electron chi connectivity index (χ2n) is 7.24. The Morgan fingerprint density at radius 3 is 2.32 bits per heavy atom. The van der Waals surface area contributed by atoms with Crippen molar-refractivity contribution < 1.29 is 9.18 Å². The molecule has 5 nitrogen and oxygen atoms in total. The number of carbonyl (C=O) groups is 1. The molecule has 0 unspecified atom stereocenters. The van der Waals surface area contributed by atoms with E-state index < -0.39 is 0 Å². The third-order valence-electron chi connectivity index (χ3n) is 5.06. The van der Waals surface area contributed by atoms with Crippen molar-refractivity contribution in [1.29, 1.82) is 0 Å². The van der Waals surface area contributed by atoms with E-state index in [0.29, 0.717) is 17.4 Å². The first-order valence-electron chi connectivity index (χ1n) is 9.19. The van der Waals surface area contributed by atoms with Gasteiger partial charge in [-0.3, -0.25) is 9.69 Å². The first-order chi connectivity index (χ1) is 13.5. The Morgan fingerprint density at radius 1 is 1.07 bits per heavy atom. The zero-order valence-electron chi connectivity index (χ0n) is 15.6. The van der Waals surface area contributed by atoms with Gasteiger partial charge in [0, 0.05) is 10.9 Å². The molecule has 1 aliphatic heterocycles. The molecule has 2 aromatic carbocycles. The van der Waals surface area contributed by atoms with Crippen LogP contribution in [0.2, 0.25) is 5.02 Å². The number of hydrogen-bond acceptors (Lipinski definition) is 3. The highest BCUT2D eigenvalue weighted by atomic mass is 35.5. The van der Waals surface area contributed by atoms with Crippen LogP contribution in [0.4, 0.5) is 10.3 Å². The van der Waals surface area contributed by atoms with Gasteiger partial charge in [-0.1, -0.05) is 49.7 Å². The molecule has 3 aromatic rings. The van der Waals surface area contributed by atoms with E-state index in [1.54, 1.807) is 21.7 Å². The molecule has 0 aliphatic carbocycles. The van der Waals surface area contributed by atoms with Gasteiger partial charge < -0.3 is 0 Å². The molecule has 0 saturated heterocycles. The van der Waals surface area contributed by atoms with Crippen molar-refractivity contribution in [1.82, 2.24) is 14.8 Å². The summed E-state index contributed by atoms with van der Waals surface area (Å²) in [6, 6.07) is 13.5. The number of hydrogen-bond donors (Lipinski definition) is 0. The number of anilines is 1. The number of amides is 1. The summed E-state index contributed by atoms with van der Waals surface area (Å²) < 4.78 is 15.2. The van der Waals surface area contributed by atoms with Gasteiger partial charge in [-0.25, -0.2) is 9.07 Å². The fourth-order valence-corrected chi connectivity index (χ4v) is 3.78. The molecule has 0 fully saturated rings. The molecule has 7 heteroatoms. The third kappa shape index (κ3) is 3.29. The van der Waals surface area contributed by atoms with Crippen LogP contribution in [0.5, 0.6) is 0 Å². The van der Waals surface area contributed by atoms with Gasteiger partial charge in [0.2, 0.25) is 11.9 Å². The molecule has 0 saturated carbocycles. The lowest BCUT2D eigenvalue weighted by Crippen LogP contribution is -2.44. The molecule has 0 spiro atoms. The minimum atomic E-state index is -0.288. The first-order valence-corrected chi connectivity index (χ1v) is 9.57. The molecule has 1 aromatic heterocycles. The zero-order chi connectivity index (χ0) is 19.8. The van der Waals surface area contributed by atoms with Crippen molar-refractivity contribution in [3.63, 3.8) is 0 Å². The van der Waals surface area contributed by atoms with E-state index in [4.69, 9.17) is 11.6 Å². The van der Waals surface area contributed by atoms with Crippen LogP contribution < -0.4 is 4.90 Å². The average Bonchev–Trinajstić information content (AvgIpc) is 3.17. The van der Waals surface area contributed by atoms with Crippen molar-refractivity contribution in [3.05, 3.63) is 76.8 Å². The summed E-state index contributed by atoms with van der Waals surface area (Å²) in [6.45, 7) is 3.74. The summed E-state index contributed by atoms with van der Waals surface area (Å²) >= 11 is 6.06. The van der Waals surface area contributed by atoms with Crippen molar-refractivity contribution in [3.8, 4) is 0 Å². The molecule has 4 rings (SSSR count). The molecular formula is C21H20ClFN4O. The van der Waals surface area contributed by atoms with Crippen molar-refractivity contribution in [2.24, 2.45) is 5.92 Å². The maximum Gasteiger partial charge on any atom is 0.232 e. The summed E-state index contributed by atoms with van der Waals surface area (Å²) in [7, 11) is 0. The fraction of sp³-hybridized carbons (Fsp3) is 0.286. The molecule has 0 bridgehead atoms. The van der Waals surface area contributed by atoms with Crippen molar-refractivity contribution in [2.45, 2.75) is 32.4 Å². The standard InChI is InChI=1S/C21H20ClFN4O/c1-13(2)20(28)26-18(14-3-7-16(22)8-4-14)11-19(27-21(26)24-12-25-27)15-5-9-17(23)10-6-15/h3-10,12-13,18-19H,11H2,1-2H3/t18-,19+/m1/s1. The quantitative estimate of drug-likeness (QED) is 0.637. The summed E-state index contributed by atoms with van der Waals surface area (Å²) in [6.07, 6.45) is 2.05. The third-order valence-corrected chi connectivity index (χ3v) is 5.32. The van der Waals surface area contributed by atoms with E-state index in [-0.39, 0.29) is 29.7 Å². The van der Waals surface area contributed by atoms with Gasteiger partial charge >= 0.3 is 0 Å². The van der Waals surface area contributed by atoms with Crippen LogP contribution in [-0.4, -0.2) is 20.7 Å². The Labute approximate surface area is 167 Å². The van der Waals surface area contributed by atoms with E-state index in [0.717, 1.165) is 11.1 Å². The molecule has 28 heavy (non-hydrogen) atoms. The van der Waals surface area contributed by atoms with Crippen LogP contribution in [0.1, 0.15) is 43.5 Å². The topological polar surface area (TPSA) is 51.0 Å². The van der Waals surface area contributed by atoms with Crippen LogP contribution in [-0.2, 0) is 4.79 Å². The highest BCUT2D eigenvalue weighted by Crippen LogP contribution is 2.42. The Balaban J connectivity index is 1.84. The molecular weight excluding hydrogens is 379 g/mol. The summed E-state index contributed by atoms with van der Waals surface area (Å²) in [5, 5.41) is 5.01. The fourth-order valence-electron chi connectivity index (χ4n) is 3.66. The van der Waals surface area contributed by atoms with Crippen molar-refractivity contribution in [2.75, 3.05) is 4.90 Å². The molecule has 1 amide bonds. The average molecular weight is 399 g/mol. The van der Waals surface area contributed by atoms with Gasteiger partial charge in [0.25, 0.3) is 0 Å². The molecule has 0 radical (unpaired) electrons. The highest BCUT2D eigenvalue weighted by molar-refractivity contribution is 6.30. The largest absolute Gasteiger partial charge is 0.274 e. The minimum absolute atomic E-state index is 0.0215. The Hall–Kier alpha value is -2.73. The number of fused-ring (bicyclic) bond motifs is 1. The van der Waals surface area contributed by atoms with Crippen LogP contribution in [0.15, 0.2) is 54.9 Å². The number of halogens is 2. The summed E-state index contributed by atoms with van der Waals surface area (Å²) in [4.78, 5) is 19.2. The normalized spacial score (nSPS) is 19.0. The van der Waals surface area contributed by atoms with Gasteiger partial charge in [0.15, 0.2) is 0 Å². The SMILES string of the molecule is CC(C)C(=O)N1c2ncnn2[C@H](c2ccc(F)cc2)C[C@@H]1c1ccc(Cl)cc1. The number of nitrogens with zero attached hydrogens (tertiary/aromatic N) is 4. The van der Waals surface area contributed by atoms with Gasteiger partial charge in [-0.2, -0.15) is 10.1 Å². The van der Waals surface area contributed by atoms with Gasteiger partial charge in [-0.05, 0) is 41.8 Å². The van der Waals surface area contributed by atoms with Gasteiger partial charge in [0.1, 0.15) is 12.1 Å². The maximum absolute atomic E-state index is 13.4. The van der Waals surface area contributed by atoms with Crippen LogP contribution in [0.25, 0.3) is 0 Å². The van der Waals surface area contributed by atoms with E-state index in [1.165, 1.54) is 18.5 Å². The number of aromatic nitrogens is 3. The van der Waals surface area contributed by atoms with Crippen molar-refractivity contribution >= 4 is 23.5 Å². The highest BCUT2D eigenvalue weighted by Gasteiger charge is 2.39. The van der Waals surface area contributed by atoms with Gasteiger partial charge in [0.05, 0.1) is 12.1 Å². The summed E-state index contributed by atoms with van der Waals surface area (Å²) in [5.41, 5.74) is 1.89. The van der Waals surface area contributed by atoms with E-state index >= 15 is 0 Å². The molecule has 0 N–H and O–H groups in total. The lowest BCUT2D eigenvalue weighted by Gasteiger charge is -2.39. The second-order valence-corrected chi connectivity index (χ2v) is 7.67. The molecule has 144 valence electrons. The molecule has 2 heterocycles. The maximum atomic E-state index is 13.4. The molecule has 1 aliphatic rings. The van der Waals surface area contributed by atoms with E-state index in [2.05, 4.69) is 10.1 Å². The molecule has 2 atom stereocenters. The van der Waals surface area contributed by atoms with Crippen LogP contribution >= 0.6 is 11.6 Å². The number of rotatable bonds is 3. The smallest absolute Gasteiger partial charge is 0.232 e. The Kier molecular flexibility index (Phi) is 4.89. The van der Waals surface area contributed by atoms with E-state index in [1.807, 2.05) is 38.1 Å². The van der Waals surface area contributed by atoms with Crippen LogP contribution in [0.3, 0.4) is 0 Å². The van der Waals surface area contributed by atoms with Gasteiger partial charge in [-0.15, -0.1) is 0 Å². The monoisotopic (exact) mass is 398 g/mol. The summed E-state index contributed by atoms with van der Waals surface area (Å²) in [5.74, 6) is -0.00228. The Bertz CT molecular complexity index is 984. The second kappa shape index (κ2) is 7.36. The number of carbonyl (C=O) groups excluding carboxylic acids is 1.